The summed E-state index contributed by atoms with van der Waals surface area (Å²) in [4.78, 5) is 11.6. The molecule has 116 valence electrons. The molecule has 0 aromatic heterocycles. The molecule has 1 aliphatic heterocycles. The van der Waals surface area contributed by atoms with Crippen LogP contribution in [0.15, 0.2) is 24.3 Å². The van der Waals surface area contributed by atoms with E-state index in [0.717, 1.165) is 5.56 Å². The number of methoxy groups -OCH3 is 1. The lowest BCUT2D eigenvalue weighted by atomic mass is 9.85. The molecule has 0 saturated carbocycles. The third kappa shape index (κ3) is 3.63. The SMILES string of the molecule is CO[C@@H]1CC[C@@H](C(=O)C(F)(F)F)[C@@H](c2ccc(C)cc2)O1. The van der Waals surface area contributed by atoms with Crippen molar-refractivity contribution in [2.75, 3.05) is 7.11 Å². The lowest BCUT2D eigenvalue weighted by Gasteiger charge is -2.35. The van der Waals surface area contributed by atoms with Gasteiger partial charge in [0.15, 0.2) is 6.29 Å². The van der Waals surface area contributed by atoms with Crippen LogP contribution in [0.3, 0.4) is 0 Å². The lowest BCUT2D eigenvalue weighted by molar-refractivity contribution is -0.216. The van der Waals surface area contributed by atoms with Crippen LogP contribution in [0.25, 0.3) is 0 Å². The average Bonchev–Trinajstić information content (AvgIpc) is 2.45. The van der Waals surface area contributed by atoms with E-state index in [1.807, 2.05) is 6.92 Å². The standard InChI is InChI=1S/C15H17F3O3/c1-9-3-5-10(6-4-9)13-11(14(19)15(16,17)18)7-8-12(20-2)21-13/h3-6,11-13H,7-8H2,1-2H3/t11-,12+,13-/m1/s1. The Kier molecular flexibility index (Phi) is 4.68. The second-order valence-electron chi connectivity index (χ2n) is 5.18. The van der Waals surface area contributed by atoms with Crippen LogP contribution in [-0.2, 0) is 14.3 Å². The molecule has 0 radical (unpaired) electrons. The van der Waals surface area contributed by atoms with Crippen LogP contribution >= 0.6 is 0 Å². The van der Waals surface area contributed by atoms with Crippen LogP contribution in [0.4, 0.5) is 13.2 Å². The molecule has 1 aliphatic rings. The van der Waals surface area contributed by atoms with Crippen LogP contribution in [0.2, 0.25) is 0 Å². The summed E-state index contributed by atoms with van der Waals surface area (Å²) in [6.45, 7) is 1.88. The molecule has 3 atom stereocenters. The Morgan fingerprint density at radius 3 is 2.38 bits per heavy atom. The fraction of sp³-hybridized carbons (Fsp3) is 0.533. The molecule has 1 saturated heterocycles. The highest BCUT2D eigenvalue weighted by molar-refractivity contribution is 5.87. The number of Topliss-reactive ketones (excluding diaryl/α,β-unsaturated/α-hetero) is 1. The van der Waals surface area contributed by atoms with Gasteiger partial charge in [0.05, 0.1) is 12.0 Å². The molecular formula is C15H17F3O3. The number of alkyl halides is 3. The Balaban J connectivity index is 2.29. The summed E-state index contributed by atoms with van der Waals surface area (Å²) < 4.78 is 48.8. The van der Waals surface area contributed by atoms with Gasteiger partial charge in [0.25, 0.3) is 0 Å². The number of carbonyl (C=O) groups is 1. The summed E-state index contributed by atoms with van der Waals surface area (Å²) in [5, 5.41) is 0. The van der Waals surface area contributed by atoms with Crippen molar-refractivity contribution in [3.8, 4) is 0 Å². The Bertz CT molecular complexity index is 496. The predicted octanol–water partition coefficient (Wildman–Crippen LogP) is 3.57. The molecular weight excluding hydrogens is 285 g/mol. The van der Waals surface area contributed by atoms with E-state index in [4.69, 9.17) is 9.47 Å². The first-order valence-electron chi connectivity index (χ1n) is 6.68. The Labute approximate surface area is 121 Å². The first kappa shape index (κ1) is 16.0. The zero-order valence-electron chi connectivity index (χ0n) is 11.8. The molecule has 6 heteroatoms. The van der Waals surface area contributed by atoms with E-state index in [0.29, 0.717) is 5.56 Å². The molecule has 0 spiro atoms. The van der Waals surface area contributed by atoms with Gasteiger partial charge in [-0.15, -0.1) is 0 Å². The van der Waals surface area contributed by atoms with Crippen LogP contribution in [-0.4, -0.2) is 25.4 Å². The van der Waals surface area contributed by atoms with Crippen molar-refractivity contribution in [3.05, 3.63) is 35.4 Å². The monoisotopic (exact) mass is 302 g/mol. The van der Waals surface area contributed by atoms with E-state index in [1.54, 1.807) is 24.3 Å². The third-order valence-electron chi connectivity index (χ3n) is 3.66. The second-order valence-corrected chi connectivity index (χ2v) is 5.18. The predicted molar refractivity (Wildman–Crippen MR) is 69.6 cm³/mol. The summed E-state index contributed by atoms with van der Waals surface area (Å²) in [6.07, 6.45) is -6.01. The minimum atomic E-state index is -4.85. The van der Waals surface area contributed by atoms with Crippen molar-refractivity contribution < 1.29 is 27.4 Å². The van der Waals surface area contributed by atoms with Gasteiger partial charge in [-0.2, -0.15) is 13.2 Å². The molecule has 2 rings (SSSR count). The van der Waals surface area contributed by atoms with Crippen LogP contribution in [0.1, 0.15) is 30.1 Å². The van der Waals surface area contributed by atoms with E-state index >= 15 is 0 Å². The maximum absolute atomic E-state index is 12.7. The van der Waals surface area contributed by atoms with Gasteiger partial charge in [0.1, 0.15) is 0 Å². The number of ketones is 1. The molecule has 1 aromatic carbocycles. The number of halogens is 3. The summed E-state index contributed by atoms with van der Waals surface area (Å²) in [5.74, 6) is -2.96. The smallest absolute Gasteiger partial charge is 0.356 e. The van der Waals surface area contributed by atoms with Crippen molar-refractivity contribution >= 4 is 5.78 Å². The fourth-order valence-corrected chi connectivity index (χ4v) is 2.51. The van der Waals surface area contributed by atoms with E-state index in [9.17, 15) is 18.0 Å². The van der Waals surface area contributed by atoms with E-state index < -0.39 is 30.3 Å². The molecule has 1 aromatic rings. The Morgan fingerprint density at radius 1 is 1.24 bits per heavy atom. The first-order valence-corrected chi connectivity index (χ1v) is 6.68. The van der Waals surface area contributed by atoms with Crippen molar-refractivity contribution in [2.24, 2.45) is 5.92 Å². The lowest BCUT2D eigenvalue weighted by Crippen LogP contribution is -2.40. The molecule has 3 nitrogen and oxygen atoms in total. The number of ether oxygens (including phenoxy) is 2. The largest absolute Gasteiger partial charge is 0.450 e. The zero-order chi connectivity index (χ0) is 15.6. The molecule has 0 unspecified atom stereocenters. The minimum absolute atomic E-state index is 0.0927. The number of aryl methyl sites for hydroxylation is 1. The van der Waals surface area contributed by atoms with Crippen LogP contribution in [0, 0.1) is 12.8 Å². The molecule has 0 aliphatic carbocycles. The summed E-state index contributed by atoms with van der Waals surface area (Å²) in [7, 11) is 1.43. The Morgan fingerprint density at radius 2 is 1.86 bits per heavy atom. The number of benzene rings is 1. The molecule has 0 amide bonds. The minimum Gasteiger partial charge on any atom is -0.356 e. The van der Waals surface area contributed by atoms with Gasteiger partial charge in [-0.3, -0.25) is 4.79 Å². The van der Waals surface area contributed by atoms with Crippen molar-refractivity contribution in [3.63, 3.8) is 0 Å². The van der Waals surface area contributed by atoms with Gasteiger partial charge < -0.3 is 9.47 Å². The normalized spacial score (nSPS) is 26.6. The van der Waals surface area contributed by atoms with Gasteiger partial charge in [-0.05, 0) is 25.3 Å². The fourth-order valence-electron chi connectivity index (χ4n) is 2.51. The topological polar surface area (TPSA) is 35.5 Å². The first-order chi connectivity index (χ1) is 9.82. The highest BCUT2D eigenvalue weighted by Crippen LogP contribution is 2.40. The van der Waals surface area contributed by atoms with Crippen LogP contribution < -0.4 is 0 Å². The van der Waals surface area contributed by atoms with Crippen molar-refractivity contribution in [2.45, 2.75) is 38.3 Å². The molecule has 0 bridgehead atoms. The van der Waals surface area contributed by atoms with E-state index in [2.05, 4.69) is 0 Å². The van der Waals surface area contributed by atoms with E-state index in [1.165, 1.54) is 7.11 Å². The maximum atomic E-state index is 12.7. The molecule has 1 heterocycles. The number of carbonyl (C=O) groups excluding carboxylic acids is 1. The average molecular weight is 302 g/mol. The van der Waals surface area contributed by atoms with Crippen molar-refractivity contribution in [1.82, 2.24) is 0 Å². The van der Waals surface area contributed by atoms with Gasteiger partial charge in [-0.25, -0.2) is 0 Å². The third-order valence-corrected chi connectivity index (χ3v) is 3.66. The zero-order valence-corrected chi connectivity index (χ0v) is 11.8. The molecule has 1 fully saturated rings. The quantitative estimate of drug-likeness (QED) is 0.856. The highest BCUT2D eigenvalue weighted by atomic mass is 19.4. The summed E-state index contributed by atoms with van der Waals surface area (Å²) in [5.41, 5.74) is 1.54. The Hall–Kier alpha value is -1.40. The summed E-state index contributed by atoms with van der Waals surface area (Å²) in [6, 6.07) is 6.94. The highest BCUT2D eigenvalue weighted by Gasteiger charge is 2.48. The summed E-state index contributed by atoms with van der Waals surface area (Å²) >= 11 is 0. The molecule has 0 N–H and O–H groups in total. The molecule has 21 heavy (non-hydrogen) atoms. The number of hydrogen-bond donors (Lipinski definition) is 0. The van der Waals surface area contributed by atoms with Gasteiger partial charge in [0, 0.05) is 7.11 Å². The van der Waals surface area contributed by atoms with Crippen molar-refractivity contribution in [1.29, 1.82) is 0 Å². The number of rotatable bonds is 3. The second kappa shape index (κ2) is 6.15. The van der Waals surface area contributed by atoms with Crippen LogP contribution in [0.5, 0.6) is 0 Å². The number of hydrogen-bond acceptors (Lipinski definition) is 3. The maximum Gasteiger partial charge on any atom is 0.450 e. The van der Waals surface area contributed by atoms with Gasteiger partial charge in [-0.1, -0.05) is 29.8 Å². The van der Waals surface area contributed by atoms with Gasteiger partial charge >= 0.3 is 6.18 Å². The van der Waals surface area contributed by atoms with E-state index in [-0.39, 0.29) is 12.8 Å². The van der Waals surface area contributed by atoms with Gasteiger partial charge in [0.2, 0.25) is 5.78 Å².